The molecule has 0 aromatic rings. The normalized spacial score (nSPS) is 25.5. The zero-order valence-electron chi connectivity index (χ0n) is 3.77. The van der Waals surface area contributed by atoms with Crippen molar-refractivity contribution in [1.29, 1.82) is 0 Å². The summed E-state index contributed by atoms with van der Waals surface area (Å²) in [6.07, 6.45) is 0. The van der Waals surface area contributed by atoms with Crippen molar-refractivity contribution in [3.05, 3.63) is 0 Å². The van der Waals surface area contributed by atoms with Gasteiger partial charge in [-0.25, -0.2) is 5.01 Å². The molecule has 0 saturated carbocycles. The van der Waals surface area contributed by atoms with Gasteiger partial charge < -0.3 is 0 Å². The van der Waals surface area contributed by atoms with Crippen LogP contribution in [0.25, 0.3) is 0 Å². The van der Waals surface area contributed by atoms with Crippen LogP contribution in [0.5, 0.6) is 0 Å². The lowest BCUT2D eigenvalue weighted by Crippen LogP contribution is -2.24. The van der Waals surface area contributed by atoms with Crippen LogP contribution >= 0.6 is 0 Å². The Morgan fingerprint density at radius 1 is 1.83 bits per heavy atom. The Balaban J connectivity index is 2.18. The summed E-state index contributed by atoms with van der Waals surface area (Å²) >= 11 is 0. The molecule has 0 unspecified atom stereocenters. The molecule has 36 valence electrons. The van der Waals surface area contributed by atoms with Crippen molar-refractivity contribution in [2.24, 2.45) is 0 Å². The van der Waals surface area contributed by atoms with Crippen LogP contribution in [0.2, 0.25) is 0 Å². The van der Waals surface area contributed by atoms with Gasteiger partial charge in [-0.05, 0) is 0 Å². The highest BCUT2D eigenvalue weighted by atomic mass is 16.7. The average molecular weight is 88.1 g/mol. The lowest BCUT2D eigenvalue weighted by molar-refractivity contribution is 0.0249. The molecular weight excluding hydrogens is 80.0 g/mol. The highest BCUT2D eigenvalue weighted by Gasteiger charge is 2.02. The Morgan fingerprint density at radius 2 is 2.67 bits per heavy atom. The monoisotopic (exact) mass is 88.1 g/mol. The summed E-state index contributed by atoms with van der Waals surface area (Å²) in [5.74, 6) is 0. The highest BCUT2D eigenvalue weighted by Crippen LogP contribution is 1.83. The molecule has 3 heteroatoms. The second-order valence-corrected chi connectivity index (χ2v) is 1.36. The summed E-state index contributed by atoms with van der Waals surface area (Å²) in [5, 5.41) is 1.89. The van der Waals surface area contributed by atoms with Crippen molar-refractivity contribution in [1.82, 2.24) is 10.6 Å². The molecule has 0 aliphatic carbocycles. The number of hydrogen-bond acceptors (Lipinski definition) is 3. The van der Waals surface area contributed by atoms with Gasteiger partial charge >= 0.3 is 0 Å². The molecule has 0 atom stereocenters. The molecule has 1 aliphatic rings. The number of nitrogens with zero attached hydrogens (tertiary/aromatic N) is 1. The third kappa shape index (κ3) is 0.680. The van der Waals surface area contributed by atoms with E-state index in [0.717, 1.165) is 13.2 Å². The topological polar surface area (TPSA) is 24.5 Å². The predicted molar refractivity (Wildman–Crippen MR) is 21.7 cm³/mol. The largest absolute Gasteiger partial charge is 0.285 e. The molecule has 0 spiro atoms. The van der Waals surface area contributed by atoms with Gasteiger partial charge in [0.05, 0.1) is 6.61 Å². The third-order valence-electron chi connectivity index (χ3n) is 0.749. The van der Waals surface area contributed by atoms with Crippen LogP contribution in [0.1, 0.15) is 0 Å². The van der Waals surface area contributed by atoms with Crippen LogP contribution in [0.3, 0.4) is 0 Å². The van der Waals surface area contributed by atoms with E-state index in [9.17, 15) is 0 Å². The van der Waals surface area contributed by atoms with E-state index in [4.69, 9.17) is 4.84 Å². The highest BCUT2D eigenvalue weighted by molar-refractivity contribution is 4.41. The second-order valence-electron chi connectivity index (χ2n) is 1.36. The van der Waals surface area contributed by atoms with E-state index in [1.54, 1.807) is 0 Å². The fraction of sp³-hybridized carbons (Fsp3) is 1.00. The fourth-order valence-electron chi connectivity index (χ4n) is 0.384. The first-order valence-corrected chi connectivity index (χ1v) is 1.98. The van der Waals surface area contributed by atoms with Crippen molar-refractivity contribution in [3.8, 4) is 0 Å². The van der Waals surface area contributed by atoms with Crippen LogP contribution in [0.4, 0.5) is 0 Å². The minimum atomic E-state index is 0.802. The van der Waals surface area contributed by atoms with Gasteiger partial charge in [-0.2, -0.15) is 0 Å². The van der Waals surface area contributed by atoms with Gasteiger partial charge in [-0.1, -0.05) is 0 Å². The molecule has 0 amide bonds. The molecule has 1 rings (SSSR count). The smallest absolute Gasteiger partial charge is 0.0840 e. The van der Waals surface area contributed by atoms with E-state index < -0.39 is 0 Å². The molecule has 1 fully saturated rings. The second kappa shape index (κ2) is 1.55. The van der Waals surface area contributed by atoms with Crippen molar-refractivity contribution in [3.63, 3.8) is 0 Å². The number of rotatable bonds is 0. The minimum Gasteiger partial charge on any atom is -0.285 e. The summed E-state index contributed by atoms with van der Waals surface area (Å²) in [4.78, 5) is 4.73. The predicted octanol–water partition coefficient (Wildman–Crippen LogP) is -0.632. The standard InChI is InChI=1S/C3H8N2O/c1-5-2-3-6-4-5/h4H,2-3H2,1H3. The Labute approximate surface area is 36.8 Å². The SMILES string of the molecule is CN1CCON1. The zero-order valence-corrected chi connectivity index (χ0v) is 3.77. The summed E-state index contributed by atoms with van der Waals surface area (Å²) in [7, 11) is 1.94. The molecule has 0 bridgehead atoms. The molecule has 1 heterocycles. The lowest BCUT2D eigenvalue weighted by Gasteiger charge is -2.00. The number of likely N-dealkylation sites (N-methyl/N-ethyl adjacent to an activating group) is 1. The molecule has 3 nitrogen and oxygen atoms in total. The molecule has 1 aliphatic heterocycles. The summed E-state index contributed by atoms with van der Waals surface area (Å²) in [5.41, 5.74) is 2.65. The number of nitrogens with one attached hydrogen (secondary N) is 1. The van der Waals surface area contributed by atoms with E-state index in [0.29, 0.717) is 0 Å². The zero-order chi connectivity index (χ0) is 4.41. The molecule has 0 aromatic heterocycles. The Hall–Kier alpha value is -0.120. The maximum absolute atomic E-state index is 4.73. The first-order valence-electron chi connectivity index (χ1n) is 1.98. The van der Waals surface area contributed by atoms with Crippen molar-refractivity contribution >= 4 is 0 Å². The maximum Gasteiger partial charge on any atom is 0.0840 e. The molecular formula is C3H8N2O. The fourth-order valence-corrected chi connectivity index (χ4v) is 0.384. The van der Waals surface area contributed by atoms with Crippen LogP contribution in [-0.4, -0.2) is 25.2 Å². The molecule has 1 N–H and O–H groups in total. The van der Waals surface area contributed by atoms with Gasteiger partial charge in [0.1, 0.15) is 0 Å². The maximum atomic E-state index is 4.73. The van der Waals surface area contributed by atoms with E-state index >= 15 is 0 Å². The van der Waals surface area contributed by atoms with Crippen molar-refractivity contribution in [2.45, 2.75) is 0 Å². The number of hydrazine groups is 1. The molecule has 0 aromatic carbocycles. The Kier molecular flexibility index (Phi) is 1.05. The lowest BCUT2D eigenvalue weighted by atomic mass is 10.7. The van der Waals surface area contributed by atoms with E-state index in [-0.39, 0.29) is 0 Å². The summed E-state index contributed by atoms with van der Waals surface area (Å²) in [6.45, 7) is 1.79. The van der Waals surface area contributed by atoms with Crippen molar-refractivity contribution < 1.29 is 4.84 Å². The average Bonchev–Trinajstić information content (AvgIpc) is 1.86. The van der Waals surface area contributed by atoms with Gasteiger partial charge in [0, 0.05) is 13.6 Å². The summed E-state index contributed by atoms with van der Waals surface area (Å²) in [6, 6.07) is 0. The third-order valence-corrected chi connectivity index (χ3v) is 0.749. The molecule has 6 heavy (non-hydrogen) atoms. The Morgan fingerprint density at radius 3 is 2.83 bits per heavy atom. The Bertz CT molecular complexity index is 42.1. The summed E-state index contributed by atoms with van der Waals surface area (Å²) < 4.78 is 0. The van der Waals surface area contributed by atoms with Crippen LogP contribution < -0.4 is 5.59 Å². The first kappa shape index (κ1) is 4.05. The number of hydrogen-bond donors (Lipinski definition) is 1. The minimum absolute atomic E-state index is 0.802. The van der Waals surface area contributed by atoms with Gasteiger partial charge in [-0.15, -0.1) is 5.59 Å². The van der Waals surface area contributed by atoms with Gasteiger partial charge in [0.25, 0.3) is 0 Å². The molecule has 1 saturated heterocycles. The van der Waals surface area contributed by atoms with E-state index in [1.807, 2.05) is 12.1 Å². The van der Waals surface area contributed by atoms with Crippen LogP contribution in [0.15, 0.2) is 0 Å². The van der Waals surface area contributed by atoms with E-state index in [2.05, 4.69) is 5.59 Å². The first-order chi connectivity index (χ1) is 2.89. The van der Waals surface area contributed by atoms with E-state index in [1.165, 1.54) is 0 Å². The molecule has 0 radical (unpaired) electrons. The quantitative estimate of drug-likeness (QED) is 0.426. The van der Waals surface area contributed by atoms with Gasteiger partial charge in [0.2, 0.25) is 0 Å². The van der Waals surface area contributed by atoms with Crippen LogP contribution in [0, 0.1) is 0 Å². The van der Waals surface area contributed by atoms with Crippen LogP contribution in [-0.2, 0) is 4.84 Å². The van der Waals surface area contributed by atoms with Gasteiger partial charge in [-0.3, -0.25) is 4.84 Å². The van der Waals surface area contributed by atoms with Gasteiger partial charge in [0.15, 0.2) is 0 Å². The van der Waals surface area contributed by atoms with Crippen molar-refractivity contribution in [2.75, 3.05) is 20.2 Å².